The molecule has 0 aromatic heterocycles. The van der Waals surface area contributed by atoms with E-state index in [2.05, 4.69) is 110 Å². The van der Waals surface area contributed by atoms with Crippen LogP contribution in [0.15, 0.2) is 84.9 Å². The number of rotatable bonds is 5. The molecule has 3 aromatic rings. The van der Waals surface area contributed by atoms with Gasteiger partial charge in [0.05, 0.1) is 6.54 Å². The molecule has 1 unspecified atom stereocenters. The van der Waals surface area contributed by atoms with Gasteiger partial charge in [0, 0.05) is 17.6 Å². The van der Waals surface area contributed by atoms with E-state index in [-0.39, 0.29) is 11.3 Å². The molecule has 33 heavy (non-hydrogen) atoms. The molecule has 3 aromatic carbocycles. The normalized spacial score (nSPS) is 21.2. The van der Waals surface area contributed by atoms with Crippen molar-refractivity contribution in [1.82, 2.24) is 4.90 Å². The van der Waals surface area contributed by atoms with Crippen molar-refractivity contribution >= 4 is 17.7 Å². The lowest BCUT2D eigenvalue weighted by atomic mass is 9.74. The van der Waals surface area contributed by atoms with E-state index in [0.717, 1.165) is 16.8 Å². The molecule has 2 aliphatic heterocycles. The maximum atomic E-state index is 13.5. The van der Waals surface area contributed by atoms with Gasteiger partial charge in [-0.25, -0.2) is 0 Å². The summed E-state index contributed by atoms with van der Waals surface area (Å²) in [5.41, 5.74) is 5.23. The fraction of sp³-hybridized carbons (Fsp3) is 0.300. The number of fused-ring (bicyclic) bond motifs is 3. The summed E-state index contributed by atoms with van der Waals surface area (Å²) in [6, 6.07) is 27.6. The number of para-hydroxylation sites is 1. The van der Waals surface area contributed by atoms with Crippen molar-refractivity contribution in [3.63, 3.8) is 0 Å². The average molecular weight is 437 g/mol. The van der Waals surface area contributed by atoms with Gasteiger partial charge >= 0.3 is 0 Å². The van der Waals surface area contributed by atoms with E-state index in [4.69, 9.17) is 0 Å². The summed E-state index contributed by atoms with van der Waals surface area (Å²) < 4.78 is 0. The van der Waals surface area contributed by atoms with Gasteiger partial charge < -0.3 is 9.80 Å². The molecule has 0 bridgehead atoms. The quantitative estimate of drug-likeness (QED) is 0.465. The van der Waals surface area contributed by atoms with E-state index in [0.29, 0.717) is 19.0 Å². The number of anilines is 1. The molecule has 5 rings (SSSR count). The van der Waals surface area contributed by atoms with Crippen molar-refractivity contribution in [2.45, 2.75) is 51.2 Å². The zero-order valence-corrected chi connectivity index (χ0v) is 20.0. The van der Waals surface area contributed by atoms with Crippen LogP contribution in [0, 0.1) is 0 Å². The Morgan fingerprint density at radius 2 is 1.58 bits per heavy atom. The standard InChI is InChI=1S/C30H32N2O/c1-22(2)25-16-14-23(15-17-25)18-19-30-29(3,4)26-12-8-9-13-27(26)31(30)21-28(33)32(30)20-24-10-6-5-7-11-24/h5-19,22H,20-21H2,1-4H3/b19-18+. The molecule has 0 radical (unpaired) electrons. The topological polar surface area (TPSA) is 23.6 Å². The van der Waals surface area contributed by atoms with Crippen LogP contribution >= 0.6 is 0 Å². The lowest BCUT2D eigenvalue weighted by Gasteiger charge is -2.46. The molecule has 3 heteroatoms. The number of benzene rings is 3. The second kappa shape index (κ2) is 7.91. The van der Waals surface area contributed by atoms with Gasteiger partial charge in [0.2, 0.25) is 5.91 Å². The molecule has 3 nitrogen and oxygen atoms in total. The minimum Gasteiger partial charge on any atom is -0.335 e. The number of carbonyl (C=O) groups is 1. The maximum absolute atomic E-state index is 13.5. The highest BCUT2D eigenvalue weighted by Gasteiger charge is 2.63. The van der Waals surface area contributed by atoms with Crippen LogP contribution in [0.25, 0.3) is 6.08 Å². The van der Waals surface area contributed by atoms with Crippen molar-refractivity contribution in [2.75, 3.05) is 11.4 Å². The first kappa shape index (κ1) is 21.5. The van der Waals surface area contributed by atoms with Gasteiger partial charge in [0.25, 0.3) is 0 Å². The zero-order chi connectivity index (χ0) is 23.2. The van der Waals surface area contributed by atoms with Gasteiger partial charge in [-0.15, -0.1) is 0 Å². The summed E-state index contributed by atoms with van der Waals surface area (Å²) in [6.07, 6.45) is 4.46. The average Bonchev–Trinajstić information content (AvgIpc) is 3.20. The molecule has 0 N–H and O–H groups in total. The molecule has 0 spiro atoms. The first-order chi connectivity index (χ1) is 15.8. The molecular weight excluding hydrogens is 404 g/mol. The Morgan fingerprint density at radius 1 is 0.909 bits per heavy atom. The molecule has 0 saturated carbocycles. The van der Waals surface area contributed by atoms with E-state index < -0.39 is 5.66 Å². The van der Waals surface area contributed by atoms with Gasteiger partial charge in [-0.05, 0) is 40.3 Å². The first-order valence-electron chi connectivity index (χ1n) is 11.9. The molecule has 168 valence electrons. The fourth-order valence-electron chi connectivity index (χ4n) is 5.62. The summed E-state index contributed by atoms with van der Waals surface area (Å²) in [5.74, 6) is 0.676. The van der Waals surface area contributed by atoms with Gasteiger partial charge in [-0.2, -0.15) is 0 Å². The summed E-state index contributed by atoms with van der Waals surface area (Å²) >= 11 is 0. The van der Waals surface area contributed by atoms with Gasteiger partial charge in [0.15, 0.2) is 0 Å². The van der Waals surface area contributed by atoms with E-state index in [1.165, 1.54) is 11.1 Å². The van der Waals surface area contributed by atoms with Gasteiger partial charge in [-0.3, -0.25) is 4.79 Å². The Hall–Kier alpha value is -3.33. The lowest BCUT2D eigenvalue weighted by Crippen LogP contribution is -2.60. The predicted molar refractivity (Wildman–Crippen MR) is 136 cm³/mol. The monoisotopic (exact) mass is 436 g/mol. The van der Waals surface area contributed by atoms with Crippen LogP contribution in [0.5, 0.6) is 0 Å². The van der Waals surface area contributed by atoms with Crippen molar-refractivity contribution in [3.8, 4) is 0 Å². The highest BCUT2D eigenvalue weighted by atomic mass is 16.2. The lowest BCUT2D eigenvalue weighted by molar-refractivity contribution is -0.131. The van der Waals surface area contributed by atoms with Crippen molar-refractivity contribution in [2.24, 2.45) is 0 Å². The number of amides is 1. The fourth-order valence-corrected chi connectivity index (χ4v) is 5.62. The van der Waals surface area contributed by atoms with Crippen LogP contribution < -0.4 is 4.90 Å². The van der Waals surface area contributed by atoms with Crippen LogP contribution in [0.2, 0.25) is 0 Å². The predicted octanol–water partition coefficient (Wildman–Crippen LogP) is 6.36. The second-order valence-corrected chi connectivity index (χ2v) is 10.1. The Labute approximate surface area is 197 Å². The molecule has 1 saturated heterocycles. The molecule has 2 aliphatic rings. The Balaban J connectivity index is 1.62. The Morgan fingerprint density at radius 3 is 2.27 bits per heavy atom. The summed E-state index contributed by atoms with van der Waals surface area (Å²) in [7, 11) is 0. The number of nitrogens with zero attached hydrogens (tertiary/aromatic N) is 2. The Kier molecular flexibility index (Phi) is 5.16. The van der Waals surface area contributed by atoms with Crippen LogP contribution in [0.3, 0.4) is 0 Å². The molecule has 2 heterocycles. The second-order valence-electron chi connectivity index (χ2n) is 10.1. The van der Waals surface area contributed by atoms with E-state index in [1.54, 1.807) is 0 Å². The first-order valence-corrected chi connectivity index (χ1v) is 11.9. The number of hydrogen-bond acceptors (Lipinski definition) is 2. The highest BCUT2D eigenvalue weighted by Crippen LogP contribution is 2.56. The van der Waals surface area contributed by atoms with Crippen LogP contribution in [0.4, 0.5) is 5.69 Å². The van der Waals surface area contributed by atoms with Crippen molar-refractivity contribution < 1.29 is 4.79 Å². The SMILES string of the molecule is CC(C)c1ccc(/C=C/C23N(Cc4ccccc4)C(=O)CN2c2ccccc2C3(C)C)cc1. The van der Waals surface area contributed by atoms with Crippen molar-refractivity contribution in [3.05, 3.63) is 107 Å². The van der Waals surface area contributed by atoms with Crippen LogP contribution in [-0.4, -0.2) is 23.0 Å². The summed E-state index contributed by atoms with van der Waals surface area (Å²) in [5, 5.41) is 0. The molecule has 1 amide bonds. The van der Waals surface area contributed by atoms with Crippen LogP contribution in [-0.2, 0) is 16.8 Å². The third-order valence-corrected chi connectivity index (χ3v) is 7.50. The molecule has 1 fully saturated rings. The molecule has 1 atom stereocenters. The number of carbonyl (C=O) groups excluding carboxylic acids is 1. The molecular formula is C30H32N2O. The van der Waals surface area contributed by atoms with E-state index in [1.807, 2.05) is 18.2 Å². The van der Waals surface area contributed by atoms with Gasteiger partial charge in [-0.1, -0.05) is 107 Å². The zero-order valence-electron chi connectivity index (χ0n) is 20.0. The smallest absolute Gasteiger partial charge is 0.244 e. The minimum absolute atomic E-state index is 0.168. The summed E-state index contributed by atoms with van der Waals surface area (Å²) in [6.45, 7) is 9.95. The summed E-state index contributed by atoms with van der Waals surface area (Å²) in [4.78, 5) is 17.9. The van der Waals surface area contributed by atoms with Gasteiger partial charge in [0.1, 0.15) is 5.66 Å². The Bertz CT molecular complexity index is 1190. The number of hydrogen-bond donors (Lipinski definition) is 0. The third-order valence-electron chi connectivity index (χ3n) is 7.50. The van der Waals surface area contributed by atoms with E-state index >= 15 is 0 Å². The van der Waals surface area contributed by atoms with Crippen LogP contribution in [0.1, 0.15) is 55.9 Å². The maximum Gasteiger partial charge on any atom is 0.244 e. The third kappa shape index (κ3) is 3.30. The molecule has 0 aliphatic carbocycles. The minimum atomic E-state index is -0.569. The van der Waals surface area contributed by atoms with E-state index in [9.17, 15) is 4.79 Å². The van der Waals surface area contributed by atoms with Crippen molar-refractivity contribution in [1.29, 1.82) is 0 Å². The largest absolute Gasteiger partial charge is 0.335 e. The highest BCUT2D eigenvalue weighted by molar-refractivity contribution is 5.91.